The van der Waals surface area contributed by atoms with E-state index in [1.165, 1.54) is 11.3 Å². The summed E-state index contributed by atoms with van der Waals surface area (Å²) in [5.41, 5.74) is 3.24. The van der Waals surface area contributed by atoms with Crippen LogP contribution in [0, 0.1) is 13.8 Å². The summed E-state index contributed by atoms with van der Waals surface area (Å²) in [5.74, 6) is -0.0168. The van der Waals surface area contributed by atoms with E-state index in [2.05, 4.69) is 62.1 Å². The number of rotatable bonds is 5. The van der Waals surface area contributed by atoms with Crippen molar-refractivity contribution in [2.24, 2.45) is 0 Å². The number of fused-ring (bicyclic) bond motifs is 1. The molecule has 0 aliphatic rings. The highest BCUT2D eigenvalue weighted by Crippen LogP contribution is 2.35. The van der Waals surface area contributed by atoms with Crippen molar-refractivity contribution in [2.75, 3.05) is 5.32 Å². The third kappa shape index (κ3) is 3.85. The molecular formula is C15H18Br2N2OS. The van der Waals surface area contributed by atoms with E-state index in [1.54, 1.807) is 0 Å². The predicted octanol–water partition coefficient (Wildman–Crippen LogP) is 5.57. The molecule has 0 aliphatic carbocycles. The second-order valence-electron chi connectivity index (χ2n) is 5.10. The van der Waals surface area contributed by atoms with Crippen molar-refractivity contribution in [3.05, 3.63) is 21.7 Å². The molecule has 1 aromatic heterocycles. The lowest BCUT2D eigenvalue weighted by molar-refractivity contribution is -0.115. The number of aromatic nitrogens is 1. The van der Waals surface area contributed by atoms with Crippen molar-refractivity contribution in [1.29, 1.82) is 0 Å². The number of hydrogen-bond acceptors (Lipinski definition) is 3. The number of alkyl halides is 1. The largest absolute Gasteiger partial charge is 0.301 e. The van der Waals surface area contributed by atoms with Crippen LogP contribution in [0.1, 0.15) is 37.3 Å². The highest BCUT2D eigenvalue weighted by molar-refractivity contribution is 9.10. The van der Waals surface area contributed by atoms with E-state index in [1.807, 2.05) is 6.92 Å². The van der Waals surface area contributed by atoms with E-state index < -0.39 is 0 Å². The Morgan fingerprint density at radius 3 is 2.86 bits per heavy atom. The van der Waals surface area contributed by atoms with E-state index in [0.717, 1.165) is 45.1 Å². The van der Waals surface area contributed by atoms with Crippen molar-refractivity contribution in [3.63, 3.8) is 0 Å². The van der Waals surface area contributed by atoms with Crippen molar-refractivity contribution in [2.45, 2.75) is 44.9 Å². The van der Waals surface area contributed by atoms with Gasteiger partial charge in [-0.3, -0.25) is 4.79 Å². The fourth-order valence-electron chi connectivity index (χ4n) is 2.07. The Balaban J connectivity index is 2.22. The summed E-state index contributed by atoms with van der Waals surface area (Å²) in [5, 5.41) is 3.59. The van der Waals surface area contributed by atoms with Gasteiger partial charge >= 0.3 is 0 Å². The number of nitrogens with zero attached hydrogens (tertiary/aromatic N) is 1. The van der Waals surface area contributed by atoms with Gasteiger partial charge in [-0.15, -0.1) is 0 Å². The predicted molar refractivity (Wildman–Crippen MR) is 97.7 cm³/mol. The highest BCUT2D eigenvalue weighted by Gasteiger charge is 2.17. The normalized spacial score (nSPS) is 12.6. The zero-order chi connectivity index (χ0) is 15.6. The average molecular weight is 434 g/mol. The van der Waals surface area contributed by atoms with Crippen molar-refractivity contribution < 1.29 is 4.79 Å². The molecule has 2 aromatic rings. The molecule has 3 nitrogen and oxygen atoms in total. The molecule has 0 aliphatic heterocycles. The van der Waals surface area contributed by atoms with E-state index in [-0.39, 0.29) is 10.7 Å². The summed E-state index contributed by atoms with van der Waals surface area (Å²) in [6, 6.07) is 2.07. The number of hydrogen-bond donors (Lipinski definition) is 1. The molecule has 0 fully saturated rings. The molecule has 0 saturated heterocycles. The molecule has 1 atom stereocenters. The summed E-state index contributed by atoms with van der Waals surface area (Å²) in [6.07, 6.45) is 2.97. The minimum Gasteiger partial charge on any atom is -0.301 e. The van der Waals surface area contributed by atoms with Crippen LogP contribution in [0.4, 0.5) is 5.13 Å². The van der Waals surface area contributed by atoms with Crippen LogP contribution in [0.25, 0.3) is 10.2 Å². The molecule has 0 spiro atoms. The summed E-state index contributed by atoms with van der Waals surface area (Å²) < 4.78 is 2.20. The third-order valence-electron chi connectivity index (χ3n) is 3.37. The standard InChI is InChI=1S/C15H18Br2N2OS/c1-4-5-6-10(16)14(20)19-15-18-12-8(2)7-11(17)9(3)13(12)21-15/h7,10H,4-6H2,1-3H3,(H,18,19,20)/t10-/m1/s1. The highest BCUT2D eigenvalue weighted by atomic mass is 79.9. The van der Waals surface area contributed by atoms with E-state index >= 15 is 0 Å². The Bertz CT molecular complexity index is 669. The zero-order valence-corrected chi connectivity index (χ0v) is 16.3. The van der Waals surface area contributed by atoms with Crippen molar-refractivity contribution in [3.8, 4) is 0 Å². The molecule has 0 saturated carbocycles. The maximum absolute atomic E-state index is 12.1. The number of halogens is 2. The number of amides is 1. The third-order valence-corrected chi connectivity index (χ3v) is 6.16. The van der Waals surface area contributed by atoms with Crippen LogP contribution in [0.15, 0.2) is 10.5 Å². The van der Waals surface area contributed by atoms with Crippen LogP contribution in [0.2, 0.25) is 0 Å². The first-order valence-electron chi connectivity index (χ1n) is 6.95. The van der Waals surface area contributed by atoms with E-state index in [0.29, 0.717) is 5.13 Å². The molecule has 1 heterocycles. The minimum absolute atomic E-state index is 0.0168. The van der Waals surface area contributed by atoms with Crippen LogP contribution in [-0.4, -0.2) is 15.7 Å². The number of carbonyl (C=O) groups is 1. The molecule has 21 heavy (non-hydrogen) atoms. The van der Waals surface area contributed by atoms with Crippen molar-refractivity contribution >= 4 is 64.5 Å². The van der Waals surface area contributed by atoms with E-state index in [4.69, 9.17) is 0 Å². The number of unbranched alkanes of at least 4 members (excludes halogenated alkanes) is 1. The molecule has 1 amide bonds. The molecule has 0 radical (unpaired) electrons. The second kappa shape index (κ2) is 7.20. The number of thiazole rings is 1. The monoisotopic (exact) mass is 432 g/mol. The molecule has 0 bridgehead atoms. The molecule has 6 heteroatoms. The quantitative estimate of drug-likeness (QED) is 0.626. The lowest BCUT2D eigenvalue weighted by Gasteiger charge is -2.07. The number of nitrogens with one attached hydrogen (secondary N) is 1. The minimum atomic E-state index is -0.154. The van der Waals surface area contributed by atoms with Gasteiger partial charge in [0.15, 0.2) is 5.13 Å². The Morgan fingerprint density at radius 2 is 2.19 bits per heavy atom. The molecular weight excluding hydrogens is 416 g/mol. The van der Waals surface area contributed by atoms with Gasteiger partial charge in [0.2, 0.25) is 5.91 Å². The maximum Gasteiger partial charge on any atom is 0.239 e. The molecule has 2 rings (SSSR count). The first-order valence-corrected chi connectivity index (χ1v) is 9.47. The van der Waals surface area contributed by atoms with Gasteiger partial charge < -0.3 is 5.32 Å². The summed E-state index contributed by atoms with van der Waals surface area (Å²) in [6.45, 7) is 6.21. The first-order chi connectivity index (χ1) is 9.93. The lowest BCUT2D eigenvalue weighted by Crippen LogP contribution is -2.22. The van der Waals surface area contributed by atoms with Gasteiger partial charge in [0.05, 0.1) is 15.0 Å². The van der Waals surface area contributed by atoms with Gasteiger partial charge in [-0.25, -0.2) is 4.98 Å². The zero-order valence-electron chi connectivity index (χ0n) is 12.3. The Morgan fingerprint density at radius 1 is 1.48 bits per heavy atom. The first kappa shape index (κ1) is 16.9. The van der Waals surface area contributed by atoms with Crippen LogP contribution in [0.3, 0.4) is 0 Å². The van der Waals surface area contributed by atoms with Crippen LogP contribution in [-0.2, 0) is 4.79 Å². The smallest absolute Gasteiger partial charge is 0.239 e. The topological polar surface area (TPSA) is 42.0 Å². The summed E-state index contributed by atoms with van der Waals surface area (Å²) in [4.78, 5) is 16.5. The van der Waals surface area contributed by atoms with Gasteiger partial charge in [-0.1, -0.05) is 63.0 Å². The number of anilines is 1. The van der Waals surface area contributed by atoms with Gasteiger partial charge in [0.25, 0.3) is 0 Å². The molecule has 114 valence electrons. The Kier molecular flexibility index (Phi) is 5.80. The Hall–Kier alpha value is -0.460. The van der Waals surface area contributed by atoms with Gasteiger partial charge in [-0.05, 0) is 37.5 Å². The molecule has 1 N–H and O–H groups in total. The Labute approximate surface area is 145 Å². The SMILES string of the molecule is CCCC[C@@H](Br)C(=O)Nc1nc2c(C)cc(Br)c(C)c2s1. The number of carbonyl (C=O) groups excluding carboxylic acids is 1. The van der Waals surface area contributed by atoms with Crippen LogP contribution in [0.5, 0.6) is 0 Å². The molecule has 0 unspecified atom stereocenters. The van der Waals surface area contributed by atoms with Gasteiger partial charge in [0, 0.05) is 4.47 Å². The molecule has 1 aromatic carbocycles. The average Bonchev–Trinajstić information content (AvgIpc) is 2.86. The van der Waals surface area contributed by atoms with E-state index in [9.17, 15) is 4.79 Å². The fraction of sp³-hybridized carbons (Fsp3) is 0.467. The van der Waals surface area contributed by atoms with Crippen LogP contribution >= 0.6 is 43.2 Å². The summed E-state index contributed by atoms with van der Waals surface area (Å²) >= 11 is 8.53. The van der Waals surface area contributed by atoms with Crippen LogP contribution < -0.4 is 5.32 Å². The van der Waals surface area contributed by atoms with Gasteiger partial charge in [0.1, 0.15) is 0 Å². The fourth-order valence-corrected chi connectivity index (χ4v) is 4.23. The second-order valence-corrected chi connectivity index (χ2v) is 8.05. The maximum atomic E-state index is 12.1. The number of aryl methyl sites for hydroxylation is 2. The summed E-state index contributed by atoms with van der Waals surface area (Å²) in [7, 11) is 0. The number of benzene rings is 1. The van der Waals surface area contributed by atoms with Crippen molar-refractivity contribution in [1.82, 2.24) is 4.98 Å². The van der Waals surface area contributed by atoms with Gasteiger partial charge in [-0.2, -0.15) is 0 Å². The lowest BCUT2D eigenvalue weighted by atomic mass is 10.1.